The van der Waals surface area contributed by atoms with Crippen LogP contribution in [0.5, 0.6) is 0 Å². The zero-order chi connectivity index (χ0) is 38.7. The van der Waals surface area contributed by atoms with Crippen LogP contribution in [-0.2, 0) is 65.4 Å². The summed E-state index contributed by atoms with van der Waals surface area (Å²) in [7, 11) is -3.33. The van der Waals surface area contributed by atoms with Gasteiger partial charge in [-0.25, -0.2) is 0 Å². The largest absolute Gasteiger partial charge is 0.466 e. The van der Waals surface area contributed by atoms with Crippen LogP contribution in [0.15, 0.2) is 0 Å². The number of carbonyl (C=O) groups excluding carboxylic acids is 4. The van der Waals surface area contributed by atoms with Crippen molar-refractivity contribution in [2.45, 2.75) is 55.4 Å². The van der Waals surface area contributed by atoms with E-state index in [2.05, 4.69) is 4.74 Å². The Bertz CT molecular complexity index is 1010. The third-order valence-corrected chi connectivity index (χ3v) is 6.84. The minimum absolute atomic E-state index is 0.0239. The van der Waals surface area contributed by atoms with Crippen molar-refractivity contribution >= 4 is 77.8 Å². The van der Waals surface area contributed by atoms with Crippen LogP contribution in [0.25, 0.3) is 0 Å². The summed E-state index contributed by atoms with van der Waals surface area (Å²) in [6, 6.07) is 0. The summed E-state index contributed by atoms with van der Waals surface area (Å²) in [5.74, 6) is -6.13. The van der Waals surface area contributed by atoms with Gasteiger partial charge in [0.05, 0.1) is 76.5 Å². The molecule has 0 amide bonds. The Kier molecular flexibility index (Phi) is 33.7. The van der Waals surface area contributed by atoms with E-state index in [0.717, 1.165) is 0 Å². The first-order chi connectivity index (χ1) is 21.8. The van der Waals surface area contributed by atoms with Crippen LogP contribution in [-0.4, -0.2) is 102 Å². The van der Waals surface area contributed by atoms with E-state index in [4.69, 9.17) is 66.6 Å². The Balaban J connectivity index is -0.000000304. The zero-order valence-electron chi connectivity index (χ0n) is 29.6. The third-order valence-electron chi connectivity index (χ3n) is 4.70. The predicted octanol–water partition coefficient (Wildman–Crippen LogP) is 6.97. The molecule has 5 unspecified atom stereocenters. The van der Waals surface area contributed by atoms with Crippen molar-refractivity contribution in [1.29, 1.82) is 0 Å². The molecule has 0 aromatic heterocycles. The highest BCUT2D eigenvalue weighted by Gasteiger charge is 2.25. The summed E-state index contributed by atoms with van der Waals surface area (Å²) in [6.07, 6.45) is 0. The Morgan fingerprint density at radius 3 is 0.979 bits per heavy atom. The van der Waals surface area contributed by atoms with E-state index < -0.39 is 49.9 Å². The Labute approximate surface area is 299 Å². The molecule has 0 aliphatic rings. The predicted molar refractivity (Wildman–Crippen MR) is 186 cm³/mol. The Hall–Kier alpha value is -0.720. The number of carbonyl (C=O) groups is 4. The van der Waals surface area contributed by atoms with Crippen LogP contribution >= 0.6 is 53.9 Å². The molecule has 0 aromatic carbocycles. The fourth-order valence-corrected chi connectivity index (χ4v) is 3.92. The summed E-state index contributed by atoms with van der Waals surface area (Å²) in [6.45, 7) is 15.2. The van der Waals surface area contributed by atoms with Crippen molar-refractivity contribution in [2.24, 2.45) is 23.7 Å². The SMILES string of the molecule is CCOC(=O)C(C)CO.CCOC(=O)C(C)COP(C)(=O)Cl.CCOC(=O)C(C)COP(C)(=O)OCC(C)C(=O)OCC.CP(=O)(Cl)Cl. The van der Waals surface area contributed by atoms with Gasteiger partial charge < -0.3 is 37.6 Å². The quantitative estimate of drug-likeness (QED) is 0.0843. The van der Waals surface area contributed by atoms with Crippen LogP contribution in [0.2, 0.25) is 0 Å². The molecule has 0 radical (unpaired) electrons. The smallest absolute Gasteiger partial charge is 0.327 e. The second-order valence-corrected chi connectivity index (χ2v) is 21.4. The molecule has 5 atom stereocenters. The fourth-order valence-electron chi connectivity index (χ4n) is 2.19. The molecule has 0 aliphatic heterocycles. The van der Waals surface area contributed by atoms with Gasteiger partial charge in [-0.15, -0.1) is 0 Å². The average Bonchev–Trinajstić information content (AvgIpc) is 2.97. The van der Waals surface area contributed by atoms with Crippen LogP contribution in [0, 0.1) is 23.7 Å². The summed E-state index contributed by atoms with van der Waals surface area (Å²) in [5, 5.41) is 8.43. The van der Waals surface area contributed by atoms with Gasteiger partial charge in [-0.2, -0.15) is 0 Å². The molecule has 0 heterocycles. The standard InChI is InChI=1S/C13H25O7P.C7H14ClO4P.C6H12O3.CH3Cl2OP/c1-6-17-12(14)10(3)8-19-21(5,16)20-9-11(4)13(15)18-7-2;1-4-11-7(9)6(2)5-12-13(3,8)10;1-3-9-6(8)5(2)4-7;1-5(2,3)4/h10-11H,6-9H2,1-5H3;6H,4-5H2,1-3H3;5,7H,3-4H2,1-2H3;1H3. The van der Waals surface area contributed by atoms with Crippen LogP contribution in [0.3, 0.4) is 0 Å². The Morgan fingerprint density at radius 2 is 0.771 bits per heavy atom. The minimum Gasteiger partial charge on any atom is -0.466 e. The lowest BCUT2D eigenvalue weighted by molar-refractivity contribution is -0.149. The number of hydrogen-bond acceptors (Lipinski definition) is 15. The maximum atomic E-state index is 12.0. The summed E-state index contributed by atoms with van der Waals surface area (Å²) >= 11 is 15.0. The van der Waals surface area contributed by atoms with Gasteiger partial charge in [-0.05, 0) is 89.1 Å². The molecular weight excluding hydrogens is 764 g/mol. The van der Waals surface area contributed by atoms with Crippen molar-refractivity contribution in [3.05, 3.63) is 0 Å². The molecule has 0 saturated carbocycles. The lowest BCUT2D eigenvalue weighted by Gasteiger charge is -2.18. The second-order valence-electron chi connectivity index (χ2n) is 9.92. The van der Waals surface area contributed by atoms with E-state index in [0.29, 0.717) is 13.2 Å². The number of rotatable bonds is 18. The highest BCUT2D eigenvalue weighted by Crippen LogP contribution is 2.52. The first-order valence-electron chi connectivity index (χ1n) is 14.8. The molecule has 0 saturated heterocycles. The number of ether oxygens (including phenoxy) is 4. The molecule has 1 N–H and O–H groups in total. The van der Waals surface area contributed by atoms with Gasteiger partial charge >= 0.3 is 31.5 Å². The van der Waals surface area contributed by atoms with E-state index in [9.17, 15) is 32.9 Å². The molecule has 21 heteroatoms. The van der Waals surface area contributed by atoms with E-state index in [1.54, 1.807) is 55.4 Å². The zero-order valence-corrected chi connectivity index (χ0v) is 34.6. The molecule has 0 fully saturated rings. The number of esters is 4. The Morgan fingerprint density at radius 1 is 0.542 bits per heavy atom. The molecular formula is C27H54Cl3O15P3. The van der Waals surface area contributed by atoms with Crippen LogP contribution in [0.1, 0.15) is 55.4 Å². The average molecular weight is 818 g/mol. The molecule has 0 aromatic rings. The number of hydrogen-bond donors (Lipinski definition) is 1. The van der Waals surface area contributed by atoms with Crippen molar-refractivity contribution in [3.63, 3.8) is 0 Å². The fraction of sp³-hybridized carbons (Fsp3) is 0.852. The van der Waals surface area contributed by atoms with Crippen molar-refractivity contribution in [2.75, 3.05) is 72.8 Å². The lowest BCUT2D eigenvalue weighted by atomic mass is 10.2. The van der Waals surface area contributed by atoms with Gasteiger partial charge in [0, 0.05) is 20.0 Å². The topological polar surface area (TPSA) is 204 Å². The second kappa shape index (κ2) is 30.0. The van der Waals surface area contributed by atoms with Crippen LogP contribution < -0.4 is 0 Å². The van der Waals surface area contributed by atoms with Crippen molar-refractivity contribution < 1.29 is 70.5 Å². The van der Waals surface area contributed by atoms with Gasteiger partial charge in [0.2, 0.25) is 5.85 Å². The molecule has 0 bridgehead atoms. The van der Waals surface area contributed by atoms with Gasteiger partial charge in [-0.3, -0.25) is 32.9 Å². The van der Waals surface area contributed by atoms with E-state index in [-0.39, 0.29) is 57.5 Å². The maximum Gasteiger partial charge on any atom is 0.327 e. The molecule has 0 rings (SSSR count). The van der Waals surface area contributed by atoms with Crippen molar-refractivity contribution in [1.82, 2.24) is 0 Å². The monoisotopic (exact) mass is 816 g/mol. The highest BCUT2D eigenvalue weighted by atomic mass is 35.9. The van der Waals surface area contributed by atoms with E-state index in [1.165, 1.54) is 20.0 Å². The maximum absolute atomic E-state index is 12.0. The van der Waals surface area contributed by atoms with Crippen LogP contribution in [0.4, 0.5) is 0 Å². The molecule has 15 nitrogen and oxygen atoms in total. The van der Waals surface area contributed by atoms with Gasteiger partial charge in [0.1, 0.15) is 0 Å². The van der Waals surface area contributed by atoms with Gasteiger partial charge in [0.25, 0.3) is 6.72 Å². The third kappa shape index (κ3) is 39.7. The van der Waals surface area contributed by atoms with E-state index >= 15 is 0 Å². The summed E-state index contributed by atoms with van der Waals surface area (Å²) < 4.78 is 66.7. The molecule has 0 spiro atoms. The van der Waals surface area contributed by atoms with Crippen molar-refractivity contribution in [3.8, 4) is 0 Å². The number of aliphatic hydroxyl groups is 1. The lowest BCUT2D eigenvalue weighted by Crippen LogP contribution is -2.21. The molecule has 48 heavy (non-hydrogen) atoms. The normalized spacial score (nSPS) is 15.6. The van der Waals surface area contributed by atoms with E-state index in [1.807, 2.05) is 0 Å². The van der Waals surface area contributed by atoms with Gasteiger partial charge in [-0.1, -0.05) is 0 Å². The first kappa shape index (κ1) is 54.1. The number of aliphatic hydroxyl groups excluding tert-OH is 1. The summed E-state index contributed by atoms with van der Waals surface area (Å²) in [5.41, 5.74) is 0. The molecule has 288 valence electrons. The first-order valence-corrected chi connectivity index (χ1v) is 23.8. The highest BCUT2D eigenvalue weighted by molar-refractivity contribution is 8.08. The van der Waals surface area contributed by atoms with Gasteiger partial charge in [0.15, 0.2) is 0 Å². The summed E-state index contributed by atoms with van der Waals surface area (Å²) in [4.78, 5) is 44.4. The minimum atomic E-state index is -3.33. The number of halogens is 3. The molecule has 0 aliphatic carbocycles.